The number of ether oxygens (including phenoxy) is 1. The molecule has 1 saturated heterocycles. The number of Topliss-reactive ketones (excluding diaryl/α,β-unsaturated/α-hetero) is 1. The van der Waals surface area contributed by atoms with Gasteiger partial charge in [-0.2, -0.15) is 0 Å². The van der Waals surface area contributed by atoms with E-state index in [9.17, 15) is 14.4 Å². The molecule has 1 N–H and O–H groups in total. The third-order valence-corrected chi connectivity index (χ3v) is 3.39. The Bertz CT molecular complexity index is 542. The molecule has 0 bridgehead atoms. The van der Waals surface area contributed by atoms with Crippen molar-refractivity contribution in [2.45, 2.75) is 13.5 Å². The maximum atomic E-state index is 11.8. The number of carbonyl (C=O) groups excluding carboxylic acids is 2. The van der Waals surface area contributed by atoms with Crippen LogP contribution in [0, 0.1) is 5.41 Å². The molecule has 1 aliphatic rings. The van der Waals surface area contributed by atoms with Crippen molar-refractivity contribution in [2.24, 2.45) is 5.41 Å². The van der Waals surface area contributed by atoms with Gasteiger partial charge in [-0.05, 0) is 12.5 Å². The third kappa shape index (κ3) is 2.64. The van der Waals surface area contributed by atoms with Crippen molar-refractivity contribution in [1.82, 2.24) is 4.90 Å². The van der Waals surface area contributed by atoms with Gasteiger partial charge in [0.2, 0.25) is 0 Å². The molecule has 6 heteroatoms. The standard InChI is InChI=1S/C14H15NO5/c1-14(12(17)18)9-15(7-11(14)16)13(19)20-8-10-5-3-2-4-6-10/h2-6H,7-9H2,1H3,(H,17,18). The molecule has 1 amide bonds. The topological polar surface area (TPSA) is 83.9 Å². The molecule has 0 radical (unpaired) electrons. The Morgan fingerprint density at radius 3 is 2.55 bits per heavy atom. The van der Waals surface area contributed by atoms with Crippen LogP contribution in [0.15, 0.2) is 30.3 Å². The SMILES string of the molecule is CC1(C(=O)O)CN(C(=O)OCc2ccccc2)CC1=O. The number of likely N-dealkylation sites (tertiary alicyclic amines) is 1. The van der Waals surface area contributed by atoms with Crippen LogP contribution < -0.4 is 0 Å². The largest absolute Gasteiger partial charge is 0.480 e. The molecule has 6 nitrogen and oxygen atoms in total. The number of carboxylic acids is 1. The van der Waals surface area contributed by atoms with Crippen molar-refractivity contribution < 1.29 is 24.2 Å². The highest BCUT2D eigenvalue weighted by molar-refractivity contribution is 6.06. The summed E-state index contributed by atoms with van der Waals surface area (Å²) >= 11 is 0. The highest BCUT2D eigenvalue weighted by atomic mass is 16.6. The van der Waals surface area contributed by atoms with Gasteiger partial charge >= 0.3 is 12.1 Å². The number of rotatable bonds is 3. The average molecular weight is 277 g/mol. The minimum absolute atomic E-state index is 0.0914. The smallest absolute Gasteiger partial charge is 0.410 e. The van der Waals surface area contributed by atoms with Crippen LogP contribution in [0.2, 0.25) is 0 Å². The minimum Gasteiger partial charge on any atom is -0.480 e. The summed E-state index contributed by atoms with van der Waals surface area (Å²) in [5.41, 5.74) is -0.710. The van der Waals surface area contributed by atoms with Gasteiger partial charge in [0.15, 0.2) is 5.78 Å². The van der Waals surface area contributed by atoms with Crippen LogP contribution in [-0.4, -0.2) is 40.9 Å². The number of hydrogen-bond donors (Lipinski definition) is 1. The van der Waals surface area contributed by atoms with Gasteiger partial charge in [0.05, 0.1) is 6.54 Å². The first-order valence-electron chi connectivity index (χ1n) is 6.16. The summed E-state index contributed by atoms with van der Waals surface area (Å²) in [7, 11) is 0. The number of aliphatic carboxylic acids is 1. The number of amides is 1. The van der Waals surface area contributed by atoms with Gasteiger partial charge in [-0.25, -0.2) is 4.79 Å². The molecule has 1 unspecified atom stereocenters. The third-order valence-electron chi connectivity index (χ3n) is 3.39. The lowest BCUT2D eigenvalue weighted by atomic mass is 9.89. The van der Waals surface area contributed by atoms with Gasteiger partial charge in [0.25, 0.3) is 0 Å². The van der Waals surface area contributed by atoms with Crippen LogP contribution in [0.3, 0.4) is 0 Å². The molecule has 2 rings (SSSR count). The summed E-state index contributed by atoms with van der Waals surface area (Å²) in [6.45, 7) is 1.03. The van der Waals surface area contributed by atoms with Crippen LogP contribution in [0.4, 0.5) is 4.79 Å². The molecule has 0 saturated carbocycles. The van der Waals surface area contributed by atoms with Crippen LogP contribution >= 0.6 is 0 Å². The summed E-state index contributed by atoms with van der Waals surface area (Å²) in [6.07, 6.45) is -0.674. The Kier molecular flexibility index (Phi) is 3.74. The predicted octanol–water partition coefficient (Wildman–Crippen LogP) is 1.30. The molecule has 1 fully saturated rings. The van der Waals surface area contributed by atoms with Crippen LogP contribution in [0.25, 0.3) is 0 Å². The lowest BCUT2D eigenvalue weighted by Crippen LogP contribution is -2.37. The van der Waals surface area contributed by atoms with Crippen molar-refractivity contribution >= 4 is 17.8 Å². The first-order valence-corrected chi connectivity index (χ1v) is 6.16. The Hall–Kier alpha value is -2.37. The molecule has 1 aromatic carbocycles. The van der Waals surface area contributed by atoms with E-state index >= 15 is 0 Å². The second kappa shape index (κ2) is 5.32. The Morgan fingerprint density at radius 1 is 1.35 bits per heavy atom. The quantitative estimate of drug-likeness (QED) is 0.842. The maximum absolute atomic E-state index is 11.8. The zero-order valence-corrected chi connectivity index (χ0v) is 11.0. The van der Waals surface area contributed by atoms with E-state index in [0.717, 1.165) is 10.5 Å². The summed E-state index contributed by atoms with van der Waals surface area (Å²) < 4.78 is 5.08. The molecular weight excluding hydrogens is 262 g/mol. The highest BCUT2D eigenvalue weighted by Gasteiger charge is 2.50. The van der Waals surface area contributed by atoms with E-state index < -0.39 is 23.3 Å². The molecule has 0 spiro atoms. The molecule has 1 aliphatic heterocycles. The van der Waals surface area contributed by atoms with E-state index in [1.807, 2.05) is 30.3 Å². The number of ketones is 1. The van der Waals surface area contributed by atoms with E-state index in [1.165, 1.54) is 6.92 Å². The zero-order chi connectivity index (χ0) is 14.8. The van der Waals surface area contributed by atoms with E-state index in [0.29, 0.717) is 0 Å². The Morgan fingerprint density at radius 2 is 2.00 bits per heavy atom. The Labute approximate surface area is 115 Å². The fourth-order valence-corrected chi connectivity index (χ4v) is 2.00. The lowest BCUT2D eigenvalue weighted by molar-refractivity contribution is -0.151. The van der Waals surface area contributed by atoms with Crippen molar-refractivity contribution in [3.63, 3.8) is 0 Å². The van der Waals surface area contributed by atoms with Gasteiger partial charge in [0, 0.05) is 6.54 Å². The predicted molar refractivity (Wildman–Crippen MR) is 68.9 cm³/mol. The monoisotopic (exact) mass is 277 g/mol. The molecule has 1 aromatic rings. The van der Waals surface area contributed by atoms with Crippen molar-refractivity contribution in [1.29, 1.82) is 0 Å². The van der Waals surface area contributed by atoms with Crippen LogP contribution in [0.1, 0.15) is 12.5 Å². The molecular formula is C14H15NO5. The van der Waals surface area contributed by atoms with Crippen LogP contribution in [-0.2, 0) is 20.9 Å². The van der Waals surface area contributed by atoms with Gasteiger partial charge in [-0.3, -0.25) is 14.5 Å². The number of nitrogens with zero attached hydrogens (tertiary/aromatic N) is 1. The van der Waals surface area contributed by atoms with Gasteiger partial charge in [0.1, 0.15) is 12.0 Å². The minimum atomic E-state index is -1.54. The molecule has 1 heterocycles. The van der Waals surface area contributed by atoms with E-state index in [-0.39, 0.29) is 19.7 Å². The second-order valence-electron chi connectivity index (χ2n) is 4.96. The second-order valence-corrected chi connectivity index (χ2v) is 4.96. The summed E-state index contributed by atoms with van der Waals surface area (Å²) in [6, 6.07) is 9.12. The van der Waals surface area contributed by atoms with Crippen molar-refractivity contribution in [3.05, 3.63) is 35.9 Å². The normalized spacial score (nSPS) is 21.9. The molecule has 1 atom stereocenters. The number of carboxylic acid groups (broad SMARTS) is 1. The summed E-state index contributed by atoms with van der Waals surface area (Å²) in [5, 5.41) is 9.05. The lowest BCUT2D eigenvalue weighted by Gasteiger charge is -2.18. The van der Waals surface area contributed by atoms with Crippen LogP contribution in [0.5, 0.6) is 0 Å². The highest BCUT2D eigenvalue weighted by Crippen LogP contribution is 2.27. The maximum Gasteiger partial charge on any atom is 0.410 e. The number of benzene rings is 1. The fourth-order valence-electron chi connectivity index (χ4n) is 2.00. The molecule has 20 heavy (non-hydrogen) atoms. The zero-order valence-electron chi connectivity index (χ0n) is 11.0. The van der Waals surface area contributed by atoms with E-state index in [2.05, 4.69) is 0 Å². The summed E-state index contributed by atoms with van der Waals surface area (Å²) in [4.78, 5) is 35.7. The first-order chi connectivity index (χ1) is 9.43. The first kappa shape index (κ1) is 14.0. The van der Waals surface area contributed by atoms with Crippen molar-refractivity contribution in [2.75, 3.05) is 13.1 Å². The van der Waals surface area contributed by atoms with Gasteiger partial charge in [-0.1, -0.05) is 30.3 Å². The fraction of sp³-hybridized carbons (Fsp3) is 0.357. The Balaban J connectivity index is 1.95. The number of hydrogen-bond acceptors (Lipinski definition) is 4. The van der Waals surface area contributed by atoms with E-state index in [1.54, 1.807) is 0 Å². The summed E-state index contributed by atoms with van der Waals surface area (Å²) in [5.74, 6) is -1.71. The van der Waals surface area contributed by atoms with E-state index in [4.69, 9.17) is 9.84 Å². The molecule has 106 valence electrons. The number of carbonyl (C=O) groups is 3. The average Bonchev–Trinajstić information content (AvgIpc) is 2.75. The molecule has 0 aromatic heterocycles. The van der Waals surface area contributed by atoms with Gasteiger partial charge < -0.3 is 9.84 Å². The van der Waals surface area contributed by atoms with Gasteiger partial charge in [-0.15, -0.1) is 0 Å². The van der Waals surface area contributed by atoms with Crippen molar-refractivity contribution in [3.8, 4) is 0 Å². The molecule has 0 aliphatic carbocycles.